The summed E-state index contributed by atoms with van der Waals surface area (Å²) in [5.74, 6) is 0. The summed E-state index contributed by atoms with van der Waals surface area (Å²) in [5.41, 5.74) is -0.220. The Morgan fingerprint density at radius 1 is 1.60 bits per heavy atom. The van der Waals surface area contributed by atoms with E-state index in [2.05, 4.69) is 16.8 Å². The molecule has 1 aliphatic heterocycles. The molecule has 2 heterocycles. The van der Waals surface area contributed by atoms with Crippen LogP contribution in [0, 0.1) is 0 Å². The van der Waals surface area contributed by atoms with Crippen molar-refractivity contribution < 1.29 is 9.84 Å². The van der Waals surface area contributed by atoms with Crippen molar-refractivity contribution in [3.05, 3.63) is 22.4 Å². The van der Waals surface area contributed by atoms with Gasteiger partial charge in [0.05, 0.1) is 18.8 Å². The Balaban J connectivity index is 1.89. The second-order valence-corrected chi connectivity index (χ2v) is 5.06. The van der Waals surface area contributed by atoms with Gasteiger partial charge in [-0.25, -0.2) is 0 Å². The SMILES string of the molecule is OCC1(NCc2cccs2)CCCOC1. The lowest BCUT2D eigenvalue weighted by atomic mass is 9.93. The van der Waals surface area contributed by atoms with Gasteiger partial charge in [0.25, 0.3) is 0 Å². The van der Waals surface area contributed by atoms with Crippen LogP contribution in [0.3, 0.4) is 0 Å². The molecule has 1 atom stereocenters. The number of thiophene rings is 1. The molecular weight excluding hydrogens is 210 g/mol. The van der Waals surface area contributed by atoms with E-state index < -0.39 is 0 Å². The Kier molecular flexibility index (Phi) is 3.75. The van der Waals surface area contributed by atoms with Crippen LogP contribution in [0.25, 0.3) is 0 Å². The Morgan fingerprint density at radius 2 is 2.53 bits per heavy atom. The zero-order valence-corrected chi connectivity index (χ0v) is 9.55. The van der Waals surface area contributed by atoms with E-state index >= 15 is 0 Å². The van der Waals surface area contributed by atoms with Crippen molar-refractivity contribution in [1.29, 1.82) is 0 Å². The highest BCUT2D eigenvalue weighted by molar-refractivity contribution is 7.09. The lowest BCUT2D eigenvalue weighted by Crippen LogP contribution is -2.53. The Labute approximate surface area is 94.1 Å². The van der Waals surface area contributed by atoms with Crippen LogP contribution >= 0.6 is 11.3 Å². The predicted octanol–water partition coefficient (Wildman–Crippen LogP) is 1.38. The molecule has 15 heavy (non-hydrogen) atoms. The fourth-order valence-corrected chi connectivity index (χ4v) is 2.50. The molecule has 1 unspecified atom stereocenters. The van der Waals surface area contributed by atoms with Gasteiger partial charge >= 0.3 is 0 Å². The largest absolute Gasteiger partial charge is 0.394 e. The minimum atomic E-state index is -0.220. The minimum Gasteiger partial charge on any atom is -0.394 e. The van der Waals surface area contributed by atoms with Gasteiger partial charge in [0.15, 0.2) is 0 Å². The molecule has 0 amide bonds. The third-order valence-electron chi connectivity index (χ3n) is 2.84. The van der Waals surface area contributed by atoms with Gasteiger partial charge in [-0.2, -0.15) is 0 Å². The van der Waals surface area contributed by atoms with Crippen LogP contribution in [-0.4, -0.2) is 30.5 Å². The van der Waals surface area contributed by atoms with E-state index in [1.165, 1.54) is 4.88 Å². The molecule has 84 valence electrons. The number of ether oxygens (including phenoxy) is 1. The summed E-state index contributed by atoms with van der Waals surface area (Å²) in [6.45, 7) is 2.41. The standard InChI is InChI=1S/C11H17NO2S/c13-8-11(4-2-5-14-9-11)12-7-10-3-1-6-15-10/h1,3,6,12-13H,2,4-5,7-9H2. The number of aliphatic hydroxyl groups is 1. The molecule has 1 aromatic heterocycles. The molecule has 0 saturated carbocycles. The molecule has 4 heteroatoms. The van der Waals surface area contributed by atoms with Crippen molar-refractivity contribution in [2.75, 3.05) is 19.8 Å². The summed E-state index contributed by atoms with van der Waals surface area (Å²) >= 11 is 1.74. The topological polar surface area (TPSA) is 41.5 Å². The number of aliphatic hydroxyl groups excluding tert-OH is 1. The fraction of sp³-hybridized carbons (Fsp3) is 0.636. The molecule has 1 aromatic rings. The highest BCUT2D eigenvalue weighted by Gasteiger charge is 2.31. The van der Waals surface area contributed by atoms with Gasteiger partial charge in [0.2, 0.25) is 0 Å². The van der Waals surface area contributed by atoms with Crippen molar-refractivity contribution in [2.24, 2.45) is 0 Å². The molecule has 0 bridgehead atoms. The lowest BCUT2D eigenvalue weighted by Gasteiger charge is -2.36. The molecule has 0 radical (unpaired) electrons. The number of nitrogens with one attached hydrogen (secondary N) is 1. The van der Waals surface area contributed by atoms with E-state index in [1.807, 2.05) is 6.07 Å². The molecule has 0 spiro atoms. The normalized spacial score (nSPS) is 26.7. The van der Waals surface area contributed by atoms with Crippen molar-refractivity contribution in [1.82, 2.24) is 5.32 Å². The summed E-state index contributed by atoms with van der Waals surface area (Å²) in [4.78, 5) is 1.30. The van der Waals surface area contributed by atoms with E-state index in [9.17, 15) is 5.11 Å². The van der Waals surface area contributed by atoms with Crippen LogP contribution in [-0.2, 0) is 11.3 Å². The fourth-order valence-electron chi connectivity index (χ4n) is 1.86. The van der Waals surface area contributed by atoms with Crippen molar-refractivity contribution >= 4 is 11.3 Å². The lowest BCUT2D eigenvalue weighted by molar-refractivity contribution is -0.00801. The number of hydrogen-bond acceptors (Lipinski definition) is 4. The van der Waals surface area contributed by atoms with E-state index in [-0.39, 0.29) is 12.1 Å². The Bertz CT molecular complexity index is 281. The maximum absolute atomic E-state index is 9.43. The van der Waals surface area contributed by atoms with Crippen LogP contribution in [0.2, 0.25) is 0 Å². The monoisotopic (exact) mass is 227 g/mol. The number of rotatable bonds is 4. The Hall–Kier alpha value is -0.420. The predicted molar refractivity (Wildman–Crippen MR) is 61.0 cm³/mol. The second-order valence-electron chi connectivity index (χ2n) is 4.03. The van der Waals surface area contributed by atoms with E-state index in [0.717, 1.165) is 26.0 Å². The average molecular weight is 227 g/mol. The van der Waals surface area contributed by atoms with Crippen LogP contribution in [0.4, 0.5) is 0 Å². The summed E-state index contributed by atoms with van der Waals surface area (Å²) in [5, 5.41) is 14.9. The van der Waals surface area contributed by atoms with E-state index in [4.69, 9.17) is 4.74 Å². The first kappa shape index (κ1) is 11.1. The van der Waals surface area contributed by atoms with E-state index in [1.54, 1.807) is 11.3 Å². The van der Waals surface area contributed by atoms with Crippen LogP contribution in [0.5, 0.6) is 0 Å². The highest BCUT2D eigenvalue weighted by Crippen LogP contribution is 2.20. The van der Waals surface area contributed by atoms with Crippen LogP contribution in [0.15, 0.2) is 17.5 Å². The summed E-state index contributed by atoms with van der Waals surface area (Å²) < 4.78 is 5.43. The van der Waals surface area contributed by atoms with Gasteiger partial charge in [0.1, 0.15) is 0 Å². The third kappa shape index (κ3) is 2.78. The van der Waals surface area contributed by atoms with Gasteiger partial charge < -0.3 is 15.2 Å². The minimum absolute atomic E-state index is 0.151. The van der Waals surface area contributed by atoms with Gasteiger partial charge in [-0.05, 0) is 24.3 Å². The van der Waals surface area contributed by atoms with Crippen molar-refractivity contribution in [3.63, 3.8) is 0 Å². The van der Waals surface area contributed by atoms with E-state index in [0.29, 0.717) is 6.61 Å². The molecule has 3 nitrogen and oxygen atoms in total. The first-order chi connectivity index (χ1) is 7.35. The van der Waals surface area contributed by atoms with Crippen molar-refractivity contribution in [3.8, 4) is 0 Å². The molecule has 1 saturated heterocycles. The van der Waals surface area contributed by atoms with Gasteiger partial charge in [-0.1, -0.05) is 6.07 Å². The van der Waals surface area contributed by atoms with Gasteiger partial charge in [-0.15, -0.1) is 11.3 Å². The summed E-state index contributed by atoms with van der Waals surface area (Å²) in [6.07, 6.45) is 2.02. The molecular formula is C11H17NO2S. The third-order valence-corrected chi connectivity index (χ3v) is 3.72. The highest BCUT2D eigenvalue weighted by atomic mass is 32.1. The number of hydrogen-bond donors (Lipinski definition) is 2. The van der Waals surface area contributed by atoms with Crippen LogP contribution < -0.4 is 5.32 Å². The maximum Gasteiger partial charge on any atom is 0.0670 e. The summed E-state index contributed by atoms with van der Waals surface area (Å²) in [6, 6.07) is 4.15. The quantitative estimate of drug-likeness (QED) is 0.816. The zero-order valence-electron chi connectivity index (χ0n) is 8.74. The molecule has 1 fully saturated rings. The second kappa shape index (κ2) is 5.07. The zero-order chi connectivity index (χ0) is 10.6. The average Bonchev–Trinajstić information content (AvgIpc) is 2.81. The first-order valence-electron chi connectivity index (χ1n) is 5.31. The molecule has 1 aliphatic rings. The first-order valence-corrected chi connectivity index (χ1v) is 6.19. The molecule has 2 N–H and O–H groups in total. The molecule has 2 rings (SSSR count). The molecule has 0 aliphatic carbocycles. The van der Waals surface area contributed by atoms with Gasteiger partial charge in [-0.3, -0.25) is 0 Å². The maximum atomic E-state index is 9.43. The molecule has 0 aromatic carbocycles. The van der Waals surface area contributed by atoms with Crippen molar-refractivity contribution in [2.45, 2.75) is 24.9 Å². The summed E-state index contributed by atoms with van der Waals surface area (Å²) in [7, 11) is 0. The van der Waals surface area contributed by atoms with Gasteiger partial charge in [0, 0.05) is 18.0 Å². The smallest absolute Gasteiger partial charge is 0.0670 e. The Morgan fingerprint density at radius 3 is 3.13 bits per heavy atom. The van der Waals surface area contributed by atoms with Crippen LogP contribution in [0.1, 0.15) is 17.7 Å².